The smallest absolute Gasteiger partial charge is 0.338 e. The lowest BCUT2D eigenvalue weighted by atomic mass is 10.2. The highest BCUT2D eigenvalue weighted by Gasteiger charge is 2.27. The van der Waals surface area contributed by atoms with Crippen molar-refractivity contribution >= 4 is 45.0 Å². The third-order valence-electron chi connectivity index (χ3n) is 5.05. The zero-order valence-electron chi connectivity index (χ0n) is 20.3. The molecule has 0 fully saturated rings. The molecule has 0 saturated heterocycles. The molecule has 0 aliphatic carbocycles. The van der Waals surface area contributed by atoms with Crippen molar-refractivity contribution in [3.05, 3.63) is 78.4 Å². The minimum atomic E-state index is -4.05. The van der Waals surface area contributed by atoms with Crippen LogP contribution in [0.1, 0.15) is 24.2 Å². The summed E-state index contributed by atoms with van der Waals surface area (Å²) in [5.74, 6) is -0.415. The van der Waals surface area contributed by atoms with Crippen LogP contribution in [0.2, 0.25) is 0 Å². The van der Waals surface area contributed by atoms with E-state index in [0.717, 1.165) is 9.20 Å². The van der Waals surface area contributed by atoms with Gasteiger partial charge in [-0.15, -0.1) is 11.8 Å². The Kier molecular flexibility index (Phi) is 9.38. The molecule has 0 saturated carbocycles. The zero-order chi connectivity index (χ0) is 26.1. The van der Waals surface area contributed by atoms with Gasteiger partial charge in [0.2, 0.25) is 5.91 Å². The highest BCUT2D eigenvalue weighted by molar-refractivity contribution is 7.98. The summed E-state index contributed by atoms with van der Waals surface area (Å²) in [6.07, 6.45) is 1.90. The molecule has 1 N–H and O–H groups in total. The van der Waals surface area contributed by atoms with Crippen LogP contribution >= 0.6 is 11.8 Å². The molecule has 0 unspecified atom stereocenters. The van der Waals surface area contributed by atoms with Gasteiger partial charge in [0, 0.05) is 10.6 Å². The summed E-state index contributed by atoms with van der Waals surface area (Å²) >= 11 is 1.50. The summed E-state index contributed by atoms with van der Waals surface area (Å²) < 4.78 is 38.6. The standard InChI is InChI=1S/C26H28N2O6S2/c1-4-33-22-12-10-21(11-13-22)28(36(31,32)24-16-14-23(35-3)15-17-24)18-25(29)27-20-8-6-19(7-9-20)26(30)34-5-2/h6-17H,4-5,18H2,1-3H3,(H,27,29). The van der Waals surface area contributed by atoms with Crippen molar-refractivity contribution in [1.82, 2.24) is 0 Å². The fourth-order valence-electron chi connectivity index (χ4n) is 3.30. The number of sulfonamides is 1. The monoisotopic (exact) mass is 528 g/mol. The van der Waals surface area contributed by atoms with Crippen molar-refractivity contribution in [3.63, 3.8) is 0 Å². The summed E-state index contributed by atoms with van der Waals surface area (Å²) in [5, 5.41) is 2.69. The van der Waals surface area contributed by atoms with E-state index in [2.05, 4.69) is 5.32 Å². The number of amides is 1. The van der Waals surface area contributed by atoms with E-state index in [1.165, 1.54) is 36.0 Å². The van der Waals surface area contributed by atoms with Crippen molar-refractivity contribution in [3.8, 4) is 5.75 Å². The van der Waals surface area contributed by atoms with E-state index >= 15 is 0 Å². The maximum atomic E-state index is 13.6. The van der Waals surface area contributed by atoms with E-state index in [1.54, 1.807) is 55.5 Å². The Bertz CT molecular complexity index is 1280. The van der Waals surface area contributed by atoms with Crippen LogP contribution in [0.5, 0.6) is 5.75 Å². The first kappa shape index (κ1) is 27.1. The molecule has 8 nitrogen and oxygen atoms in total. The van der Waals surface area contributed by atoms with Gasteiger partial charge in [0.15, 0.2) is 0 Å². The summed E-state index contributed by atoms with van der Waals surface area (Å²) in [6.45, 7) is 3.84. The number of rotatable bonds is 11. The van der Waals surface area contributed by atoms with Crippen LogP contribution in [-0.4, -0.2) is 46.3 Å². The maximum Gasteiger partial charge on any atom is 0.338 e. The zero-order valence-corrected chi connectivity index (χ0v) is 21.9. The van der Waals surface area contributed by atoms with Gasteiger partial charge in [-0.1, -0.05) is 0 Å². The van der Waals surface area contributed by atoms with Crippen LogP contribution in [0, 0.1) is 0 Å². The molecule has 3 aromatic carbocycles. The number of thioether (sulfide) groups is 1. The van der Waals surface area contributed by atoms with Crippen molar-refractivity contribution in [2.24, 2.45) is 0 Å². The lowest BCUT2D eigenvalue weighted by molar-refractivity contribution is -0.114. The predicted octanol–water partition coefficient (Wildman–Crippen LogP) is 4.82. The van der Waals surface area contributed by atoms with Crippen LogP contribution in [0.15, 0.2) is 82.6 Å². The molecule has 0 atom stereocenters. The highest BCUT2D eigenvalue weighted by Crippen LogP contribution is 2.27. The van der Waals surface area contributed by atoms with Crippen molar-refractivity contribution in [2.45, 2.75) is 23.6 Å². The van der Waals surface area contributed by atoms with Gasteiger partial charge in [-0.3, -0.25) is 9.10 Å². The van der Waals surface area contributed by atoms with E-state index < -0.39 is 28.4 Å². The van der Waals surface area contributed by atoms with Gasteiger partial charge in [0.25, 0.3) is 10.0 Å². The van der Waals surface area contributed by atoms with E-state index in [4.69, 9.17) is 9.47 Å². The average molecular weight is 529 g/mol. The van der Waals surface area contributed by atoms with Crippen molar-refractivity contribution in [2.75, 3.05) is 35.6 Å². The first-order valence-corrected chi connectivity index (χ1v) is 13.9. The summed E-state index contributed by atoms with van der Waals surface area (Å²) in [5.41, 5.74) is 1.09. The molecule has 0 aliphatic rings. The molecular weight excluding hydrogens is 500 g/mol. The second kappa shape index (κ2) is 12.5. The Balaban J connectivity index is 1.86. The molecule has 3 rings (SSSR count). The summed E-state index contributed by atoms with van der Waals surface area (Å²) in [4.78, 5) is 25.8. The van der Waals surface area contributed by atoms with Crippen LogP contribution in [0.4, 0.5) is 11.4 Å². The number of carbonyl (C=O) groups is 2. The number of hydrogen-bond donors (Lipinski definition) is 1. The first-order chi connectivity index (χ1) is 17.3. The Hall–Kier alpha value is -3.50. The van der Waals surface area contributed by atoms with Gasteiger partial charge < -0.3 is 14.8 Å². The molecule has 0 aliphatic heterocycles. The second-order valence-electron chi connectivity index (χ2n) is 7.46. The summed E-state index contributed by atoms with van der Waals surface area (Å²) in [6, 6.07) is 19.2. The van der Waals surface area contributed by atoms with Crippen LogP contribution in [-0.2, 0) is 19.6 Å². The number of hydrogen-bond acceptors (Lipinski definition) is 7. The number of nitrogens with zero attached hydrogens (tertiary/aromatic N) is 1. The molecule has 10 heteroatoms. The Labute approximate surface area is 215 Å². The molecule has 3 aromatic rings. The van der Waals surface area contributed by atoms with Crippen molar-refractivity contribution < 1.29 is 27.5 Å². The van der Waals surface area contributed by atoms with E-state index in [-0.39, 0.29) is 11.5 Å². The number of carbonyl (C=O) groups excluding carboxylic acids is 2. The fraction of sp³-hybridized carbons (Fsp3) is 0.231. The lowest BCUT2D eigenvalue weighted by Gasteiger charge is -2.24. The second-order valence-corrected chi connectivity index (χ2v) is 10.2. The van der Waals surface area contributed by atoms with Gasteiger partial charge >= 0.3 is 5.97 Å². The SMILES string of the molecule is CCOC(=O)c1ccc(NC(=O)CN(c2ccc(OCC)cc2)S(=O)(=O)c2ccc(SC)cc2)cc1. The highest BCUT2D eigenvalue weighted by atomic mass is 32.2. The van der Waals surface area contributed by atoms with Gasteiger partial charge in [-0.05, 0) is 92.9 Å². The van der Waals surface area contributed by atoms with Gasteiger partial charge in [-0.25, -0.2) is 13.2 Å². The quantitative estimate of drug-likeness (QED) is 0.281. The lowest BCUT2D eigenvalue weighted by Crippen LogP contribution is -2.38. The molecule has 1 amide bonds. The van der Waals surface area contributed by atoms with E-state index in [9.17, 15) is 18.0 Å². The third-order valence-corrected chi connectivity index (χ3v) is 7.58. The normalized spacial score (nSPS) is 11.0. The Morgan fingerprint density at radius 3 is 2.08 bits per heavy atom. The maximum absolute atomic E-state index is 13.6. The number of anilines is 2. The Morgan fingerprint density at radius 2 is 1.53 bits per heavy atom. The van der Waals surface area contributed by atoms with Gasteiger partial charge in [0.1, 0.15) is 12.3 Å². The number of nitrogens with one attached hydrogen (secondary N) is 1. The molecule has 0 bridgehead atoms. The summed E-state index contributed by atoms with van der Waals surface area (Å²) in [7, 11) is -4.05. The average Bonchev–Trinajstić information content (AvgIpc) is 2.88. The van der Waals surface area contributed by atoms with Crippen LogP contribution < -0.4 is 14.4 Å². The van der Waals surface area contributed by atoms with Gasteiger partial charge in [0.05, 0.1) is 29.4 Å². The minimum absolute atomic E-state index is 0.0702. The van der Waals surface area contributed by atoms with Crippen LogP contribution in [0.25, 0.3) is 0 Å². The van der Waals surface area contributed by atoms with Gasteiger partial charge in [-0.2, -0.15) is 0 Å². The Morgan fingerprint density at radius 1 is 0.889 bits per heavy atom. The molecule has 190 valence electrons. The molecule has 0 heterocycles. The number of benzene rings is 3. The van der Waals surface area contributed by atoms with E-state index in [0.29, 0.717) is 29.3 Å². The number of esters is 1. The first-order valence-electron chi connectivity index (χ1n) is 11.2. The molecular formula is C26H28N2O6S2. The van der Waals surface area contributed by atoms with Crippen molar-refractivity contribution in [1.29, 1.82) is 0 Å². The third kappa shape index (κ3) is 6.79. The molecule has 0 radical (unpaired) electrons. The minimum Gasteiger partial charge on any atom is -0.494 e. The van der Waals surface area contributed by atoms with E-state index in [1.807, 2.05) is 13.2 Å². The van der Waals surface area contributed by atoms with Crippen LogP contribution in [0.3, 0.4) is 0 Å². The largest absolute Gasteiger partial charge is 0.494 e. The fourth-order valence-corrected chi connectivity index (χ4v) is 5.13. The molecule has 0 spiro atoms. The topological polar surface area (TPSA) is 102 Å². The molecule has 0 aromatic heterocycles. The predicted molar refractivity (Wildman–Crippen MR) is 141 cm³/mol. The number of ether oxygens (including phenoxy) is 2. The molecule has 36 heavy (non-hydrogen) atoms.